The third-order valence-corrected chi connectivity index (χ3v) is 7.70. The van der Waals surface area contributed by atoms with E-state index in [1.807, 2.05) is 0 Å². The number of para-hydroxylation sites is 1. The first-order chi connectivity index (χ1) is 18.6. The van der Waals surface area contributed by atoms with Crippen LogP contribution in [0.2, 0.25) is 5.02 Å². The smallest absolute Gasteiger partial charge is 0.281 e. The lowest BCUT2D eigenvalue weighted by atomic mass is 9.85. The standard InChI is InChI=1S/C28H26ClF3N4O3/c1-15-21(30)10-11-23(34-15)28(39)20-4-2-3-5-22(20)36(27(28)38)14-16-6-8-18(9-7-16)35-26(37)19-12-17(29)13-33-24(19)25(31)32/h2-5,10-13,16,18,25,39H,6-9,14H2,1H3,(H,35,37). The van der Waals surface area contributed by atoms with E-state index in [2.05, 4.69) is 15.3 Å². The lowest BCUT2D eigenvalue weighted by Gasteiger charge is -2.32. The first kappa shape index (κ1) is 27.1. The average molecular weight is 559 g/mol. The molecule has 1 saturated carbocycles. The molecule has 2 aliphatic rings. The quantitative estimate of drug-likeness (QED) is 0.440. The van der Waals surface area contributed by atoms with Crippen molar-refractivity contribution in [2.45, 2.75) is 50.7 Å². The van der Waals surface area contributed by atoms with Crippen LogP contribution >= 0.6 is 11.6 Å². The number of anilines is 1. The zero-order valence-corrected chi connectivity index (χ0v) is 21.8. The fourth-order valence-corrected chi connectivity index (χ4v) is 5.58. The third kappa shape index (κ3) is 4.98. The van der Waals surface area contributed by atoms with E-state index in [1.54, 1.807) is 29.2 Å². The Morgan fingerprint density at radius 3 is 2.62 bits per heavy atom. The van der Waals surface area contributed by atoms with Crippen LogP contribution in [0.15, 0.2) is 48.7 Å². The molecule has 1 aromatic carbocycles. The molecule has 1 fully saturated rings. The summed E-state index contributed by atoms with van der Waals surface area (Å²) in [6.45, 7) is 1.81. The number of pyridine rings is 2. The molecule has 3 aromatic rings. The molecule has 1 aliphatic carbocycles. The Kier molecular flexibility index (Phi) is 7.35. The van der Waals surface area contributed by atoms with E-state index in [-0.39, 0.29) is 33.9 Å². The van der Waals surface area contributed by atoms with Crippen molar-refractivity contribution in [2.75, 3.05) is 11.4 Å². The number of hydrogen-bond acceptors (Lipinski definition) is 5. The first-order valence-electron chi connectivity index (χ1n) is 12.6. The van der Waals surface area contributed by atoms with E-state index in [9.17, 15) is 27.9 Å². The number of alkyl halides is 2. The van der Waals surface area contributed by atoms with Gasteiger partial charge in [-0.15, -0.1) is 0 Å². The summed E-state index contributed by atoms with van der Waals surface area (Å²) in [4.78, 5) is 35.7. The van der Waals surface area contributed by atoms with Crippen molar-refractivity contribution in [3.63, 3.8) is 0 Å². The molecule has 11 heteroatoms. The fraction of sp³-hybridized carbons (Fsp3) is 0.357. The molecule has 2 N–H and O–H groups in total. The van der Waals surface area contributed by atoms with Gasteiger partial charge >= 0.3 is 0 Å². The van der Waals surface area contributed by atoms with Gasteiger partial charge in [-0.1, -0.05) is 29.8 Å². The summed E-state index contributed by atoms with van der Waals surface area (Å²) in [5.41, 5.74) is -1.80. The molecule has 1 unspecified atom stereocenters. The number of amides is 2. The van der Waals surface area contributed by atoms with Crippen LogP contribution in [0, 0.1) is 18.7 Å². The molecule has 2 aromatic heterocycles. The van der Waals surface area contributed by atoms with Gasteiger partial charge in [0, 0.05) is 24.3 Å². The van der Waals surface area contributed by atoms with Crippen molar-refractivity contribution in [3.05, 3.63) is 87.7 Å². The number of fused-ring (bicyclic) bond motifs is 1. The van der Waals surface area contributed by atoms with Gasteiger partial charge in [0.05, 0.1) is 27.7 Å². The molecule has 1 atom stereocenters. The average Bonchev–Trinajstić information content (AvgIpc) is 3.13. The number of hydrogen-bond donors (Lipinski definition) is 2. The minimum atomic E-state index is -2.91. The predicted molar refractivity (Wildman–Crippen MR) is 138 cm³/mol. The highest BCUT2D eigenvalue weighted by Gasteiger charge is 2.52. The maximum atomic E-state index is 13.9. The molecule has 3 heterocycles. The minimum absolute atomic E-state index is 0.0615. The van der Waals surface area contributed by atoms with Gasteiger partial charge < -0.3 is 15.3 Å². The van der Waals surface area contributed by atoms with Gasteiger partial charge in [-0.25, -0.2) is 13.2 Å². The van der Waals surface area contributed by atoms with Crippen LogP contribution in [-0.2, 0) is 10.4 Å². The number of nitrogens with one attached hydrogen (secondary N) is 1. The van der Waals surface area contributed by atoms with E-state index in [0.29, 0.717) is 43.5 Å². The van der Waals surface area contributed by atoms with Crippen molar-refractivity contribution >= 4 is 29.1 Å². The second-order valence-corrected chi connectivity index (χ2v) is 10.4. The summed E-state index contributed by atoms with van der Waals surface area (Å²) in [7, 11) is 0. The van der Waals surface area contributed by atoms with Crippen molar-refractivity contribution in [1.82, 2.24) is 15.3 Å². The highest BCUT2D eigenvalue weighted by molar-refractivity contribution is 6.30. The van der Waals surface area contributed by atoms with Gasteiger partial charge in [0.25, 0.3) is 18.2 Å². The normalized spacial score (nSPS) is 22.7. The molecule has 7 nitrogen and oxygen atoms in total. The number of nitrogens with zero attached hydrogens (tertiary/aromatic N) is 3. The van der Waals surface area contributed by atoms with Gasteiger partial charge in [-0.3, -0.25) is 19.6 Å². The topological polar surface area (TPSA) is 95.4 Å². The van der Waals surface area contributed by atoms with Crippen LogP contribution in [-0.4, -0.2) is 39.5 Å². The molecule has 0 bridgehead atoms. The van der Waals surface area contributed by atoms with E-state index in [0.717, 1.165) is 6.20 Å². The predicted octanol–water partition coefficient (Wildman–Crippen LogP) is 5.09. The van der Waals surface area contributed by atoms with Crippen LogP contribution in [0.1, 0.15) is 65.1 Å². The summed E-state index contributed by atoms with van der Waals surface area (Å²) in [5.74, 6) is -1.66. The summed E-state index contributed by atoms with van der Waals surface area (Å²) in [5, 5.41) is 14.5. The highest BCUT2D eigenvalue weighted by Crippen LogP contribution is 2.44. The Morgan fingerprint density at radius 1 is 1.21 bits per heavy atom. The molecule has 0 spiro atoms. The molecule has 0 saturated heterocycles. The van der Waals surface area contributed by atoms with E-state index in [1.165, 1.54) is 25.1 Å². The van der Waals surface area contributed by atoms with Crippen LogP contribution in [0.25, 0.3) is 0 Å². The number of benzene rings is 1. The van der Waals surface area contributed by atoms with Crippen LogP contribution < -0.4 is 10.2 Å². The second kappa shape index (κ2) is 10.6. The Bertz CT molecular complexity index is 1430. The SMILES string of the molecule is Cc1nc(C2(O)C(=O)N(CC3CCC(NC(=O)c4cc(Cl)cnc4C(F)F)CC3)c3ccccc32)ccc1F. The number of halogens is 4. The Labute approximate surface area is 228 Å². The molecule has 1 aliphatic heterocycles. The highest BCUT2D eigenvalue weighted by atomic mass is 35.5. The van der Waals surface area contributed by atoms with Gasteiger partial charge in [0.2, 0.25) is 5.60 Å². The second-order valence-electron chi connectivity index (χ2n) is 9.99. The van der Waals surface area contributed by atoms with Gasteiger partial charge in [0.1, 0.15) is 11.5 Å². The molecule has 204 valence electrons. The van der Waals surface area contributed by atoms with Crippen LogP contribution in [0.4, 0.5) is 18.9 Å². The van der Waals surface area contributed by atoms with Gasteiger partial charge in [0.15, 0.2) is 0 Å². The van der Waals surface area contributed by atoms with E-state index in [4.69, 9.17) is 11.6 Å². The summed E-state index contributed by atoms with van der Waals surface area (Å²) >= 11 is 5.87. The number of aliphatic hydroxyl groups is 1. The van der Waals surface area contributed by atoms with Crippen LogP contribution in [0.5, 0.6) is 0 Å². The zero-order chi connectivity index (χ0) is 27.9. The Balaban J connectivity index is 1.28. The van der Waals surface area contributed by atoms with Gasteiger partial charge in [-0.05, 0) is 62.8 Å². The summed E-state index contributed by atoms with van der Waals surface area (Å²) in [6.07, 6.45) is 0.670. The van der Waals surface area contributed by atoms with Crippen molar-refractivity contribution in [3.8, 4) is 0 Å². The first-order valence-corrected chi connectivity index (χ1v) is 13.0. The molecular formula is C28H26ClF3N4O3. The van der Waals surface area contributed by atoms with E-state index >= 15 is 0 Å². The molecular weight excluding hydrogens is 533 g/mol. The summed E-state index contributed by atoms with van der Waals surface area (Å²) < 4.78 is 40.5. The van der Waals surface area contributed by atoms with Gasteiger partial charge in [-0.2, -0.15) is 0 Å². The van der Waals surface area contributed by atoms with E-state index < -0.39 is 35.4 Å². The molecule has 39 heavy (non-hydrogen) atoms. The maximum absolute atomic E-state index is 13.9. The lowest BCUT2D eigenvalue weighted by molar-refractivity contribution is -0.132. The van der Waals surface area contributed by atoms with Crippen molar-refractivity contribution in [2.24, 2.45) is 5.92 Å². The fourth-order valence-electron chi connectivity index (χ4n) is 5.43. The number of aryl methyl sites for hydroxylation is 1. The largest absolute Gasteiger partial charge is 0.370 e. The van der Waals surface area contributed by atoms with Crippen LogP contribution in [0.3, 0.4) is 0 Å². The third-order valence-electron chi connectivity index (χ3n) is 7.49. The molecule has 0 radical (unpaired) electrons. The Hall–Kier alpha value is -3.50. The number of rotatable bonds is 6. The number of carbonyl (C=O) groups is 2. The van der Waals surface area contributed by atoms with Crippen molar-refractivity contribution in [1.29, 1.82) is 0 Å². The maximum Gasteiger partial charge on any atom is 0.281 e. The molecule has 2 amide bonds. The molecule has 5 rings (SSSR count). The van der Waals surface area contributed by atoms with Crippen molar-refractivity contribution < 1.29 is 27.9 Å². The number of carbonyl (C=O) groups excluding carboxylic acids is 2. The zero-order valence-electron chi connectivity index (χ0n) is 21.0. The monoisotopic (exact) mass is 558 g/mol. The number of aromatic nitrogens is 2. The summed E-state index contributed by atoms with van der Waals surface area (Å²) in [6, 6.07) is 10.4. The minimum Gasteiger partial charge on any atom is -0.370 e. The lowest BCUT2D eigenvalue weighted by Crippen LogP contribution is -2.45. The Morgan fingerprint density at radius 2 is 1.92 bits per heavy atom.